The second kappa shape index (κ2) is 6.21. The molecule has 6 nitrogen and oxygen atoms in total. The van der Waals surface area contributed by atoms with Crippen LogP contribution in [-0.4, -0.2) is 27.7 Å². The van der Waals surface area contributed by atoms with E-state index in [0.29, 0.717) is 5.69 Å². The molecule has 0 saturated carbocycles. The van der Waals surface area contributed by atoms with Crippen molar-refractivity contribution in [3.8, 4) is 5.75 Å². The lowest BCUT2D eigenvalue weighted by atomic mass is 10.2. The SMILES string of the molecule is CCOC(=O)c1cnc(Cl)nc1Nc1cccc(O)c1. The number of aromatic hydroxyl groups is 1. The minimum absolute atomic E-state index is 0.000650. The number of phenolic OH excluding ortho intramolecular Hbond substituents is 1. The van der Waals surface area contributed by atoms with Crippen molar-refractivity contribution in [2.24, 2.45) is 0 Å². The number of halogens is 1. The molecule has 0 amide bonds. The number of benzene rings is 1. The molecule has 0 unspecified atom stereocenters. The highest BCUT2D eigenvalue weighted by molar-refractivity contribution is 6.28. The zero-order valence-corrected chi connectivity index (χ0v) is 11.4. The van der Waals surface area contributed by atoms with E-state index in [1.165, 1.54) is 18.3 Å². The van der Waals surface area contributed by atoms with Crippen LogP contribution in [0.1, 0.15) is 17.3 Å². The van der Waals surface area contributed by atoms with Crippen molar-refractivity contribution in [1.29, 1.82) is 0 Å². The summed E-state index contributed by atoms with van der Waals surface area (Å²) < 4.78 is 4.92. The molecule has 0 spiro atoms. The summed E-state index contributed by atoms with van der Waals surface area (Å²) in [7, 11) is 0. The number of anilines is 2. The van der Waals surface area contributed by atoms with Gasteiger partial charge in [-0.3, -0.25) is 0 Å². The zero-order chi connectivity index (χ0) is 14.5. The Kier molecular flexibility index (Phi) is 4.37. The van der Waals surface area contributed by atoms with Crippen LogP contribution in [0.25, 0.3) is 0 Å². The van der Waals surface area contributed by atoms with Crippen molar-refractivity contribution in [2.45, 2.75) is 6.92 Å². The third kappa shape index (κ3) is 3.36. The highest BCUT2D eigenvalue weighted by atomic mass is 35.5. The van der Waals surface area contributed by atoms with Crippen molar-refractivity contribution in [3.05, 3.63) is 41.3 Å². The Bertz CT molecular complexity index is 634. The monoisotopic (exact) mass is 293 g/mol. The van der Waals surface area contributed by atoms with Crippen molar-refractivity contribution >= 4 is 29.1 Å². The molecular weight excluding hydrogens is 282 g/mol. The van der Waals surface area contributed by atoms with Crippen LogP contribution in [0.4, 0.5) is 11.5 Å². The van der Waals surface area contributed by atoms with Gasteiger partial charge in [-0.05, 0) is 30.7 Å². The standard InChI is InChI=1S/C13H12ClN3O3/c1-2-20-12(19)10-7-15-13(14)17-11(10)16-8-4-3-5-9(18)6-8/h3-7,18H,2H2,1H3,(H,15,16,17). The molecule has 2 aromatic rings. The van der Waals surface area contributed by atoms with Gasteiger partial charge in [0.25, 0.3) is 0 Å². The van der Waals surface area contributed by atoms with Crippen molar-refractivity contribution < 1.29 is 14.6 Å². The lowest BCUT2D eigenvalue weighted by Crippen LogP contribution is -2.10. The van der Waals surface area contributed by atoms with E-state index in [-0.39, 0.29) is 29.0 Å². The molecule has 0 aliphatic rings. The number of phenols is 1. The molecule has 1 heterocycles. The third-order valence-electron chi connectivity index (χ3n) is 2.36. The van der Waals surface area contributed by atoms with Gasteiger partial charge in [-0.2, -0.15) is 4.98 Å². The maximum atomic E-state index is 11.8. The molecule has 0 aliphatic carbocycles. The number of hydrogen-bond donors (Lipinski definition) is 2. The number of ether oxygens (including phenoxy) is 1. The first-order valence-electron chi connectivity index (χ1n) is 5.86. The number of aromatic nitrogens is 2. The van der Waals surface area contributed by atoms with E-state index in [4.69, 9.17) is 16.3 Å². The number of carbonyl (C=O) groups excluding carboxylic acids is 1. The molecule has 0 bridgehead atoms. The van der Waals surface area contributed by atoms with Crippen molar-refractivity contribution in [1.82, 2.24) is 9.97 Å². The summed E-state index contributed by atoms with van der Waals surface area (Å²) in [6.07, 6.45) is 1.29. The van der Waals surface area contributed by atoms with E-state index >= 15 is 0 Å². The van der Waals surface area contributed by atoms with Crippen LogP contribution in [0.15, 0.2) is 30.5 Å². The van der Waals surface area contributed by atoms with Gasteiger partial charge in [0.15, 0.2) is 0 Å². The van der Waals surface area contributed by atoms with Crippen molar-refractivity contribution in [3.63, 3.8) is 0 Å². The van der Waals surface area contributed by atoms with Gasteiger partial charge < -0.3 is 15.2 Å². The molecule has 1 aromatic heterocycles. The van der Waals surface area contributed by atoms with E-state index < -0.39 is 5.97 Å². The van der Waals surface area contributed by atoms with Gasteiger partial charge in [0.1, 0.15) is 17.1 Å². The second-order valence-corrected chi connectivity index (χ2v) is 4.14. The molecule has 0 saturated heterocycles. The first-order valence-corrected chi connectivity index (χ1v) is 6.23. The van der Waals surface area contributed by atoms with E-state index in [2.05, 4.69) is 15.3 Å². The van der Waals surface area contributed by atoms with Gasteiger partial charge in [0, 0.05) is 18.0 Å². The fraction of sp³-hybridized carbons (Fsp3) is 0.154. The minimum atomic E-state index is -0.549. The topological polar surface area (TPSA) is 84.3 Å². The number of nitrogens with one attached hydrogen (secondary N) is 1. The summed E-state index contributed by atoms with van der Waals surface area (Å²) >= 11 is 5.73. The maximum Gasteiger partial charge on any atom is 0.343 e. The Balaban J connectivity index is 2.34. The quantitative estimate of drug-likeness (QED) is 0.666. The molecular formula is C13H12ClN3O3. The Labute approximate surface area is 120 Å². The zero-order valence-electron chi connectivity index (χ0n) is 10.6. The highest BCUT2D eigenvalue weighted by Crippen LogP contribution is 2.23. The Morgan fingerprint density at radius 3 is 3.00 bits per heavy atom. The Hall–Kier alpha value is -2.34. The fourth-order valence-corrected chi connectivity index (χ4v) is 1.67. The first kappa shape index (κ1) is 14.1. The number of esters is 1. The summed E-state index contributed by atoms with van der Waals surface area (Å²) in [5.41, 5.74) is 0.727. The molecule has 2 N–H and O–H groups in total. The third-order valence-corrected chi connectivity index (χ3v) is 2.55. The van der Waals surface area contributed by atoms with Crippen molar-refractivity contribution in [2.75, 3.05) is 11.9 Å². The fourth-order valence-electron chi connectivity index (χ4n) is 1.53. The lowest BCUT2D eigenvalue weighted by molar-refractivity contribution is 0.0526. The second-order valence-electron chi connectivity index (χ2n) is 3.80. The van der Waals surface area contributed by atoms with Crippen LogP contribution in [0.3, 0.4) is 0 Å². The molecule has 7 heteroatoms. The average Bonchev–Trinajstić information content (AvgIpc) is 2.39. The number of nitrogens with zero attached hydrogens (tertiary/aromatic N) is 2. The predicted molar refractivity (Wildman–Crippen MR) is 74.4 cm³/mol. The largest absolute Gasteiger partial charge is 0.508 e. The van der Waals surface area contributed by atoms with Crippen LogP contribution in [0, 0.1) is 0 Å². The molecule has 20 heavy (non-hydrogen) atoms. The Morgan fingerprint density at radius 2 is 2.30 bits per heavy atom. The van der Waals surface area contributed by atoms with Crippen LogP contribution < -0.4 is 5.32 Å². The molecule has 2 rings (SSSR count). The van der Waals surface area contributed by atoms with Crippen LogP contribution >= 0.6 is 11.6 Å². The first-order chi connectivity index (χ1) is 9.60. The summed E-state index contributed by atoms with van der Waals surface area (Å²) in [6, 6.07) is 6.39. The van der Waals surface area contributed by atoms with Gasteiger partial charge in [0.2, 0.25) is 5.28 Å². The molecule has 0 aliphatic heterocycles. The summed E-state index contributed by atoms with van der Waals surface area (Å²) in [5.74, 6) is -0.242. The smallest absolute Gasteiger partial charge is 0.343 e. The molecule has 1 aromatic carbocycles. The van der Waals surface area contributed by atoms with E-state index in [0.717, 1.165) is 0 Å². The summed E-state index contributed by atoms with van der Waals surface area (Å²) in [5, 5.41) is 12.3. The minimum Gasteiger partial charge on any atom is -0.508 e. The molecule has 0 fully saturated rings. The van der Waals surface area contributed by atoms with Crippen LogP contribution in [0.2, 0.25) is 5.28 Å². The summed E-state index contributed by atoms with van der Waals surface area (Å²) in [6.45, 7) is 1.95. The maximum absolute atomic E-state index is 11.8. The average molecular weight is 294 g/mol. The van der Waals surface area contributed by atoms with E-state index in [1.54, 1.807) is 19.1 Å². The Morgan fingerprint density at radius 1 is 1.50 bits per heavy atom. The van der Waals surface area contributed by atoms with Gasteiger partial charge in [0.05, 0.1) is 6.61 Å². The normalized spacial score (nSPS) is 10.1. The van der Waals surface area contributed by atoms with Crippen LogP contribution in [0.5, 0.6) is 5.75 Å². The number of hydrogen-bond acceptors (Lipinski definition) is 6. The van der Waals surface area contributed by atoms with Gasteiger partial charge in [-0.1, -0.05) is 6.07 Å². The number of carbonyl (C=O) groups is 1. The molecule has 0 atom stereocenters. The van der Waals surface area contributed by atoms with Gasteiger partial charge in [-0.25, -0.2) is 9.78 Å². The van der Waals surface area contributed by atoms with Gasteiger partial charge >= 0.3 is 5.97 Å². The summed E-state index contributed by atoms with van der Waals surface area (Å²) in [4.78, 5) is 19.5. The number of rotatable bonds is 4. The lowest BCUT2D eigenvalue weighted by Gasteiger charge is -2.10. The molecule has 0 radical (unpaired) electrons. The highest BCUT2D eigenvalue weighted by Gasteiger charge is 2.15. The van der Waals surface area contributed by atoms with Crippen LogP contribution in [-0.2, 0) is 4.74 Å². The predicted octanol–water partition coefficient (Wildman–Crippen LogP) is 2.76. The van der Waals surface area contributed by atoms with Gasteiger partial charge in [-0.15, -0.1) is 0 Å². The van der Waals surface area contributed by atoms with E-state index in [1.807, 2.05) is 0 Å². The molecule has 104 valence electrons. The van der Waals surface area contributed by atoms with E-state index in [9.17, 15) is 9.90 Å².